The summed E-state index contributed by atoms with van der Waals surface area (Å²) in [6, 6.07) is 5.18. The van der Waals surface area contributed by atoms with Crippen LogP contribution in [0.15, 0.2) is 24.3 Å². The zero-order chi connectivity index (χ0) is 19.1. The molecule has 0 unspecified atom stereocenters. The third-order valence-corrected chi connectivity index (χ3v) is 5.35. The van der Waals surface area contributed by atoms with Gasteiger partial charge in [0, 0.05) is 11.4 Å². The van der Waals surface area contributed by atoms with Gasteiger partial charge in [-0.3, -0.25) is 4.90 Å². The van der Waals surface area contributed by atoms with Gasteiger partial charge in [-0.1, -0.05) is 12.1 Å². The summed E-state index contributed by atoms with van der Waals surface area (Å²) in [5.74, 6) is 1.07. The predicted octanol–water partition coefficient (Wildman–Crippen LogP) is 4.54. The number of benzene rings is 1. The Hall–Kier alpha value is -2.19. The summed E-state index contributed by atoms with van der Waals surface area (Å²) in [5, 5.41) is 0.904. The Balaban J connectivity index is 1.74. The first kappa shape index (κ1) is 18.6. The van der Waals surface area contributed by atoms with Crippen LogP contribution in [-0.4, -0.2) is 21.9 Å². The molecule has 3 rings (SSSR count). The molecule has 0 aliphatic carbocycles. The molecule has 2 heterocycles. The largest absolute Gasteiger partial charge is 0.416 e. The third kappa shape index (κ3) is 3.81. The van der Waals surface area contributed by atoms with E-state index in [0.29, 0.717) is 24.7 Å². The van der Waals surface area contributed by atoms with Crippen LogP contribution in [0.25, 0.3) is 10.2 Å². The maximum Gasteiger partial charge on any atom is 0.416 e. The molecule has 3 aromatic rings. The van der Waals surface area contributed by atoms with Gasteiger partial charge in [0.15, 0.2) is 0 Å². The van der Waals surface area contributed by atoms with E-state index >= 15 is 0 Å². The molecule has 0 amide bonds. The molecule has 0 aliphatic rings. The number of anilines is 1. The quantitative estimate of drug-likeness (QED) is 0.722. The van der Waals surface area contributed by atoms with Gasteiger partial charge in [-0.15, -0.1) is 11.3 Å². The predicted molar refractivity (Wildman–Crippen MR) is 97.9 cm³/mol. The van der Waals surface area contributed by atoms with Gasteiger partial charge in [-0.05, 0) is 44.2 Å². The van der Waals surface area contributed by atoms with Crippen molar-refractivity contribution in [2.75, 3.05) is 12.8 Å². The van der Waals surface area contributed by atoms with E-state index in [4.69, 9.17) is 5.73 Å². The summed E-state index contributed by atoms with van der Waals surface area (Å²) in [5.41, 5.74) is 7.34. The van der Waals surface area contributed by atoms with Crippen LogP contribution in [0.3, 0.4) is 0 Å². The van der Waals surface area contributed by atoms with E-state index in [9.17, 15) is 13.2 Å². The number of hydrogen-bond acceptors (Lipinski definition) is 5. The van der Waals surface area contributed by atoms with Gasteiger partial charge in [0.1, 0.15) is 16.5 Å². The molecule has 0 aliphatic heterocycles. The minimum Gasteiger partial charge on any atom is -0.383 e. The number of nitrogens with zero attached hydrogens (tertiary/aromatic N) is 3. The normalized spacial score (nSPS) is 12.3. The molecule has 0 saturated carbocycles. The van der Waals surface area contributed by atoms with Gasteiger partial charge in [0.05, 0.1) is 17.5 Å². The van der Waals surface area contributed by atoms with Gasteiger partial charge in [0.25, 0.3) is 0 Å². The molecule has 138 valence electrons. The van der Waals surface area contributed by atoms with Crippen LogP contribution in [0.5, 0.6) is 0 Å². The molecule has 1 aromatic carbocycles. The van der Waals surface area contributed by atoms with E-state index in [-0.39, 0.29) is 0 Å². The van der Waals surface area contributed by atoms with E-state index in [1.807, 2.05) is 25.8 Å². The van der Waals surface area contributed by atoms with Gasteiger partial charge in [-0.2, -0.15) is 13.2 Å². The summed E-state index contributed by atoms with van der Waals surface area (Å²) in [4.78, 5) is 12.9. The maximum absolute atomic E-state index is 12.6. The molecule has 8 heteroatoms. The molecular weight excluding hydrogens is 361 g/mol. The first-order chi connectivity index (χ1) is 12.1. The van der Waals surface area contributed by atoms with Crippen LogP contribution in [-0.2, 0) is 19.3 Å². The Morgan fingerprint density at radius 2 is 1.73 bits per heavy atom. The highest BCUT2D eigenvalue weighted by atomic mass is 32.1. The maximum atomic E-state index is 12.6. The van der Waals surface area contributed by atoms with Crippen LogP contribution in [0.2, 0.25) is 0 Å². The highest BCUT2D eigenvalue weighted by molar-refractivity contribution is 7.18. The number of nitrogen functional groups attached to an aromatic ring is 1. The fraction of sp³-hybridized carbons (Fsp3) is 0.333. The van der Waals surface area contributed by atoms with E-state index in [1.165, 1.54) is 12.1 Å². The lowest BCUT2D eigenvalue weighted by Crippen LogP contribution is -2.19. The van der Waals surface area contributed by atoms with Gasteiger partial charge < -0.3 is 5.73 Å². The number of halogens is 3. The van der Waals surface area contributed by atoms with Crippen molar-refractivity contribution in [2.24, 2.45) is 0 Å². The van der Waals surface area contributed by atoms with Crippen molar-refractivity contribution in [3.05, 3.63) is 51.7 Å². The lowest BCUT2D eigenvalue weighted by Gasteiger charge is -2.16. The van der Waals surface area contributed by atoms with Crippen molar-refractivity contribution in [3.8, 4) is 0 Å². The van der Waals surface area contributed by atoms with E-state index < -0.39 is 11.7 Å². The standard InChI is InChI=1S/C18H19F3N4S/c1-10-11(2)26-17-15(10)16(22)23-14(24-17)9-25(3)8-12-4-6-13(7-5-12)18(19,20)21/h4-7H,8-9H2,1-3H3,(H2,22,23,24). The van der Waals surface area contributed by atoms with Crippen LogP contribution in [0.1, 0.15) is 27.4 Å². The Morgan fingerprint density at radius 3 is 2.35 bits per heavy atom. The van der Waals surface area contributed by atoms with E-state index in [2.05, 4.69) is 9.97 Å². The Bertz CT molecular complexity index is 932. The van der Waals surface area contributed by atoms with E-state index in [0.717, 1.165) is 38.4 Å². The van der Waals surface area contributed by atoms with Gasteiger partial charge in [-0.25, -0.2) is 9.97 Å². The average molecular weight is 380 g/mol. The first-order valence-corrected chi connectivity index (χ1v) is 8.83. The SMILES string of the molecule is Cc1sc2nc(CN(C)Cc3ccc(C(F)(F)F)cc3)nc(N)c2c1C. The third-order valence-electron chi connectivity index (χ3n) is 4.25. The molecular formula is C18H19F3N4S. The number of nitrogens with two attached hydrogens (primary N) is 1. The Morgan fingerprint density at radius 1 is 1.08 bits per heavy atom. The summed E-state index contributed by atoms with van der Waals surface area (Å²) < 4.78 is 37.9. The number of thiophene rings is 1. The minimum absolute atomic E-state index is 0.456. The Labute approximate surface area is 153 Å². The van der Waals surface area contributed by atoms with E-state index in [1.54, 1.807) is 11.3 Å². The molecule has 4 nitrogen and oxygen atoms in total. The molecule has 0 fully saturated rings. The van der Waals surface area contributed by atoms with Crippen molar-refractivity contribution in [1.82, 2.24) is 14.9 Å². The molecule has 0 atom stereocenters. The topological polar surface area (TPSA) is 55.0 Å². The zero-order valence-corrected chi connectivity index (χ0v) is 15.5. The van der Waals surface area contributed by atoms with Crippen molar-refractivity contribution in [3.63, 3.8) is 0 Å². The van der Waals surface area contributed by atoms with Crippen LogP contribution in [0.4, 0.5) is 19.0 Å². The lowest BCUT2D eigenvalue weighted by molar-refractivity contribution is -0.137. The number of fused-ring (bicyclic) bond motifs is 1. The zero-order valence-electron chi connectivity index (χ0n) is 14.7. The second-order valence-corrected chi connectivity index (χ2v) is 7.56. The molecule has 2 aromatic heterocycles. The fourth-order valence-corrected chi connectivity index (χ4v) is 3.86. The number of aromatic nitrogens is 2. The smallest absolute Gasteiger partial charge is 0.383 e. The summed E-state index contributed by atoms with van der Waals surface area (Å²) in [6.45, 7) is 4.97. The van der Waals surface area contributed by atoms with Crippen molar-refractivity contribution in [1.29, 1.82) is 0 Å². The van der Waals surface area contributed by atoms with Crippen molar-refractivity contribution < 1.29 is 13.2 Å². The highest BCUT2D eigenvalue weighted by Gasteiger charge is 2.29. The molecule has 0 radical (unpaired) electrons. The van der Waals surface area contributed by atoms with Crippen molar-refractivity contribution in [2.45, 2.75) is 33.1 Å². The number of rotatable bonds is 4. The summed E-state index contributed by atoms with van der Waals surface area (Å²) in [6.07, 6.45) is -4.32. The number of aryl methyl sites for hydroxylation is 2. The van der Waals surface area contributed by atoms with Gasteiger partial charge in [0.2, 0.25) is 0 Å². The lowest BCUT2D eigenvalue weighted by atomic mass is 10.1. The second-order valence-electron chi connectivity index (χ2n) is 6.36. The molecule has 0 bridgehead atoms. The van der Waals surface area contributed by atoms with Crippen LogP contribution in [0, 0.1) is 13.8 Å². The molecule has 2 N–H and O–H groups in total. The number of alkyl halides is 3. The van der Waals surface area contributed by atoms with Crippen LogP contribution >= 0.6 is 11.3 Å². The molecule has 0 spiro atoms. The average Bonchev–Trinajstić information content (AvgIpc) is 2.81. The number of hydrogen-bond donors (Lipinski definition) is 1. The molecule has 0 saturated heterocycles. The van der Waals surface area contributed by atoms with Gasteiger partial charge >= 0.3 is 6.18 Å². The highest BCUT2D eigenvalue weighted by Crippen LogP contribution is 2.32. The summed E-state index contributed by atoms with van der Waals surface area (Å²) >= 11 is 1.59. The van der Waals surface area contributed by atoms with Crippen molar-refractivity contribution >= 4 is 27.4 Å². The summed E-state index contributed by atoms with van der Waals surface area (Å²) in [7, 11) is 1.87. The Kier molecular flexibility index (Phi) is 4.90. The second kappa shape index (κ2) is 6.85. The first-order valence-electron chi connectivity index (χ1n) is 8.02. The fourth-order valence-electron chi connectivity index (χ4n) is 2.81. The monoisotopic (exact) mass is 380 g/mol. The van der Waals surface area contributed by atoms with Crippen LogP contribution < -0.4 is 5.73 Å². The molecule has 26 heavy (non-hydrogen) atoms. The minimum atomic E-state index is -4.32.